The second-order valence-corrected chi connectivity index (χ2v) is 9.66. The zero-order valence-electron chi connectivity index (χ0n) is 22.0. The molecule has 38 heavy (non-hydrogen) atoms. The lowest BCUT2D eigenvalue weighted by Crippen LogP contribution is -2.30. The number of anilines is 1. The van der Waals surface area contributed by atoms with Gasteiger partial charge in [0, 0.05) is 25.3 Å². The zero-order valence-corrected chi connectivity index (χ0v) is 22.0. The molecule has 2 aromatic carbocycles. The summed E-state index contributed by atoms with van der Waals surface area (Å²) in [6.07, 6.45) is 7.61. The summed E-state index contributed by atoms with van der Waals surface area (Å²) >= 11 is 0. The molecule has 1 aliphatic rings. The van der Waals surface area contributed by atoms with Gasteiger partial charge in [-0.05, 0) is 74.0 Å². The molecule has 9 nitrogen and oxygen atoms in total. The van der Waals surface area contributed by atoms with Gasteiger partial charge >= 0.3 is 6.03 Å². The number of hydrogen-bond acceptors (Lipinski definition) is 7. The maximum Gasteiger partial charge on any atom is 0.329 e. The fraction of sp³-hybridized carbons (Fsp3) is 0.517. The molecular formula is C29H41N3O6. The third-order valence-corrected chi connectivity index (χ3v) is 6.65. The molecule has 3 amide bonds. The van der Waals surface area contributed by atoms with E-state index in [2.05, 4.69) is 10.6 Å². The van der Waals surface area contributed by atoms with E-state index < -0.39 is 6.10 Å². The van der Waals surface area contributed by atoms with Crippen molar-refractivity contribution in [3.8, 4) is 5.75 Å². The first-order chi connectivity index (χ1) is 18.5. The van der Waals surface area contributed by atoms with E-state index in [0.29, 0.717) is 23.4 Å². The maximum atomic E-state index is 11.9. The Kier molecular flexibility index (Phi) is 12.5. The Hall–Kier alpha value is -2.98. The third kappa shape index (κ3) is 9.40. The Balaban J connectivity index is 1.14. The van der Waals surface area contributed by atoms with Crippen LogP contribution >= 0.6 is 0 Å². The second-order valence-electron chi connectivity index (χ2n) is 9.66. The molecule has 2 aromatic rings. The fourth-order valence-corrected chi connectivity index (χ4v) is 4.45. The van der Waals surface area contributed by atoms with Crippen molar-refractivity contribution in [3.63, 3.8) is 0 Å². The van der Waals surface area contributed by atoms with Gasteiger partial charge in [0.25, 0.3) is 5.91 Å². The predicted molar refractivity (Wildman–Crippen MR) is 146 cm³/mol. The Morgan fingerprint density at radius 1 is 0.974 bits per heavy atom. The lowest BCUT2D eigenvalue weighted by molar-refractivity contribution is -0.115. The SMILES string of the molecule is O=C1CNC(=O)N1c1cccc(CCCCCOCCCCCCNC[C@H](O)c2ccc(O)c(CO)c2)c1. The van der Waals surface area contributed by atoms with Crippen molar-refractivity contribution < 1.29 is 29.6 Å². The van der Waals surface area contributed by atoms with Crippen molar-refractivity contribution in [3.05, 3.63) is 59.2 Å². The highest BCUT2D eigenvalue weighted by Crippen LogP contribution is 2.22. The molecule has 9 heteroatoms. The predicted octanol–water partition coefficient (Wildman–Crippen LogP) is 3.55. The molecule has 0 unspecified atom stereocenters. The van der Waals surface area contributed by atoms with Crippen LogP contribution in [0.15, 0.2) is 42.5 Å². The number of imide groups is 1. The minimum Gasteiger partial charge on any atom is -0.508 e. The van der Waals surface area contributed by atoms with Crippen LogP contribution in [0.1, 0.15) is 67.7 Å². The minimum absolute atomic E-state index is 0.0360. The molecule has 1 atom stereocenters. The second kappa shape index (κ2) is 16.1. The Morgan fingerprint density at radius 2 is 1.74 bits per heavy atom. The largest absolute Gasteiger partial charge is 0.508 e. The zero-order chi connectivity index (χ0) is 27.2. The van der Waals surface area contributed by atoms with Crippen LogP contribution in [0.2, 0.25) is 0 Å². The average molecular weight is 528 g/mol. The molecule has 3 rings (SSSR count). The number of nitrogens with one attached hydrogen (secondary N) is 2. The first kappa shape index (κ1) is 29.6. The molecule has 1 fully saturated rings. The maximum absolute atomic E-state index is 11.9. The number of unbranched alkanes of at least 4 members (excludes halogenated alkanes) is 5. The summed E-state index contributed by atoms with van der Waals surface area (Å²) in [6, 6.07) is 12.0. The normalized spacial score (nSPS) is 14.2. The number of carbonyl (C=O) groups is 2. The van der Waals surface area contributed by atoms with Gasteiger partial charge in [0.05, 0.1) is 24.9 Å². The lowest BCUT2D eigenvalue weighted by Gasteiger charge is -2.14. The number of phenols is 1. The molecular weight excluding hydrogens is 486 g/mol. The van der Waals surface area contributed by atoms with Crippen LogP contribution in [0.3, 0.4) is 0 Å². The van der Waals surface area contributed by atoms with Crippen LogP contribution in [-0.2, 0) is 22.6 Å². The highest BCUT2D eigenvalue weighted by atomic mass is 16.5. The van der Waals surface area contributed by atoms with Crippen molar-refractivity contribution >= 4 is 17.6 Å². The third-order valence-electron chi connectivity index (χ3n) is 6.65. The van der Waals surface area contributed by atoms with Crippen LogP contribution in [0, 0.1) is 0 Å². The molecule has 1 aliphatic heterocycles. The average Bonchev–Trinajstić information content (AvgIpc) is 3.26. The van der Waals surface area contributed by atoms with Gasteiger partial charge in [0.1, 0.15) is 5.75 Å². The molecule has 1 saturated heterocycles. The summed E-state index contributed by atoms with van der Waals surface area (Å²) < 4.78 is 5.76. The molecule has 0 aromatic heterocycles. The van der Waals surface area contributed by atoms with Gasteiger partial charge in [-0.15, -0.1) is 0 Å². The van der Waals surface area contributed by atoms with E-state index in [0.717, 1.165) is 76.7 Å². The van der Waals surface area contributed by atoms with Crippen molar-refractivity contribution in [2.24, 2.45) is 0 Å². The summed E-state index contributed by atoms with van der Waals surface area (Å²) in [4.78, 5) is 24.9. The highest BCUT2D eigenvalue weighted by molar-refractivity contribution is 6.19. The standard InChI is InChI=1S/C29H41N3O6/c33-21-24-18-23(12-13-26(24)34)27(35)19-30-14-5-1-2-6-15-38-16-7-3-4-9-22-10-8-11-25(17-22)32-28(36)20-31-29(32)37/h8,10-13,17-18,27,30,33-35H,1-7,9,14-16,19-21H2,(H,31,37)/t27-/m0/s1. The number of rotatable bonds is 18. The van der Waals surface area contributed by atoms with E-state index in [4.69, 9.17) is 4.74 Å². The smallest absolute Gasteiger partial charge is 0.329 e. The molecule has 5 N–H and O–H groups in total. The minimum atomic E-state index is -0.678. The number of aliphatic hydroxyl groups excluding tert-OH is 2. The van der Waals surface area contributed by atoms with Gasteiger partial charge in [-0.1, -0.05) is 37.5 Å². The van der Waals surface area contributed by atoms with Crippen LogP contribution in [-0.4, -0.2) is 60.1 Å². The number of aliphatic hydroxyl groups is 2. The van der Waals surface area contributed by atoms with E-state index in [-0.39, 0.29) is 30.8 Å². The summed E-state index contributed by atoms with van der Waals surface area (Å²) in [6.45, 7) is 2.59. The lowest BCUT2D eigenvalue weighted by atomic mass is 10.1. The summed E-state index contributed by atoms with van der Waals surface area (Å²) in [5.41, 5.74) is 2.85. The Labute approximate surface area is 224 Å². The fourth-order valence-electron chi connectivity index (χ4n) is 4.45. The van der Waals surface area contributed by atoms with Crippen LogP contribution < -0.4 is 15.5 Å². The van der Waals surface area contributed by atoms with Gasteiger partial charge in [0.2, 0.25) is 0 Å². The number of aryl methyl sites for hydroxylation is 1. The number of hydrogen-bond donors (Lipinski definition) is 5. The molecule has 1 heterocycles. The number of ether oxygens (including phenoxy) is 1. The monoisotopic (exact) mass is 527 g/mol. The first-order valence-corrected chi connectivity index (χ1v) is 13.6. The Bertz CT molecular complexity index is 1020. The number of nitrogens with zero attached hydrogens (tertiary/aromatic N) is 1. The van der Waals surface area contributed by atoms with Crippen molar-refractivity contribution in [1.29, 1.82) is 0 Å². The molecule has 0 bridgehead atoms. The Morgan fingerprint density at radius 3 is 2.47 bits per heavy atom. The molecule has 208 valence electrons. The van der Waals surface area contributed by atoms with Crippen molar-refractivity contribution in [1.82, 2.24) is 10.6 Å². The van der Waals surface area contributed by atoms with Gasteiger partial charge in [-0.3, -0.25) is 4.79 Å². The molecule has 0 saturated carbocycles. The van der Waals surface area contributed by atoms with Crippen LogP contribution in [0.5, 0.6) is 5.75 Å². The molecule has 0 radical (unpaired) electrons. The van der Waals surface area contributed by atoms with Crippen LogP contribution in [0.25, 0.3) is 0 Å². The summed E-state index contributed by atoms with van der Waals surface area (Å²) in [5, 5.41) is 34.9. The van der Waals surface area contributed by atoms with Crippen LogP contribution in [0.4, 0.5) is 10.5 Å². The van der Waals surface area contributed by atoms with E-state index in [1.54, 1.807) is 18.2 Å². The summed E-state index contributed by atoms with van der Waals surface area (Å²) in [7, 11) is 0. The van der Waals surface area contributed by atoms with E-state index in [9.17, 15) is 24.9 Å². The van der Waals surface area contributed by atoms with Gasteiger partial charge in [0.15, 0.2) is 0 Å². The number of benzene rings is 2. The van der Waals surface area contributed by atoms with Crippen molar-refractivity contribution in [2.75, 3.05) is 37.7 Å². The number of amides is 3. The van der Waals surface area contributed by atoms with Gasteiger partial charge in [-0.25, -0.2) is 9.69 Å². The molecule has 0 aliphatic carbocycles. The van der Waals surface area contributed by atoms with E-state index >= 15 is 0 Å². The quantitative estimate of drug-likeness (QED) is 0.148. The number of carbonyl (C=O) groups excluding carboxylic acids is 2. The summed E-state index contributed by atoms with van der Waals surface area (Å²) in [5.74, 6) is -0.185. The van der Waals surface area contributed by atoms with Crippen molar-refractivity contribution in [2.45, 2.75) is 64.1 Å². The number of aromatic hydroxyl groups is 1. The molecule has 0 spiro atoms. The van der Waals surface area contributed by atoms with Gasteiger partial charge < -0.3 is 30.7 Å². The number of urea groups is 1. The van der Waals surface area contributed by atoms with E-state index in [1.807, 2.05) is 18.2 Å². The van der Waals surface area contributed by atoms with E-state index in [1.165, 1.54) is 11.0 Å². The topological polar surface area (TPSA) is 131 Å². The van der Waals surface area contributed by atoms with Gasteiger partial charge in [-0.2, -0.15) is 0 Å². The first-order valence-electron chi connectivity index (χ1n) is 13.6. The highest BCUT2D eigenvalue weighted by Gasteiger charge is 2.29.